The second-order valence-electron chi connectivity index (χ2n) is 6.26. The van der Waals surface area contributed by atoms with Gasteiger partial charge in [0.25, 0.3) is 5.91 Å². The number of rotatable bonds is 5. The predicted molar refractivity (Wildman–Crippen MR) is 97.0 cm³/mol. The van der Waals surface area contributed by atoms with E-state index in [2.05, 4.69) is 20.2 Å². The van der Waals surface area contributed by atoms with Gasteiger partial charge in [0.05, 0.1) is 19.3 Å². The molecule has 0 unspecified atom stereocenters. The van der Waals surface area contributed by atoms with E-state index >= 15 is 0 Å². The van der Waals surface area contributed by atoms with Gasteiger partial charge in [-0.15, -0.1) is 0 Å². The molecule has 2 aromatic rings. The van der Waals surface area contributed by atoms with Crippen LogP contribution >= 0.6 is 0 Å². The van der Waals surface area contributed by atoms with Gasteiger partial charge in [-0.2, -0.15) is 0 Å². The third kappa shape index (κ3) is 4.47. The zero-order valence-electron chi connectivity index (χ0n) is 14.8. The molecule has 0 saturated carbocycles. The first-order chi connectivity index (χ1) is 12.2. The topological polar surface area (TPSA) is 67.3 Å². The van der Waals surface area contributed by atoms with Crippen LogP contribution in [0.3, 0.4) is 0 Å². The van der Waals surface area contributed by atoms with Crippen molar-refractivity contribution >= 4 is 11.9 Å². The number of ether oxygens (including phenoxy) is 1. The lowest BCUT2D eigenvalue weighted by Gasteiger charge is -2.27. The fraction of sp³-hybridized carbons (Fsp3) is 0.421. The number of benzene rings is 1. The van der Waals surface area contributed by atoms with E-state index in [1.807, 2.05) is 13.0 Å². The summed E-state index contributed by atoms with van der Waals surface area (Å²) < 4.78 is 5.11. The Labute approximate surface area is 148 Å². The van der Waals surface area contributed by atoms with E-state index in [9.17, 15) is 4.79 Å². The molecule has 1 amide bonds. The lowest BCUT2D eigenvalue weighted by atomic mass is 10.1. The highest BCUT2D eigenvalue weighted by atomic mass is 16.5. The summed E-state index contributed by atoms with van der Waals surface area (Å²) in [6.45, 7) is 4.35. The molecule has 0 radical (unpaired) electrons. The third-order valence-corrected chi connectivity index (χ3v) is 4.32. The average molecular weight is 340 g/mol. The zero-order chi connectivity index (χ0) is 17.6. The van der Waals surface area contributed by atoms with Crippen molar-refractivity contribution in [1.29, 1.82) is 0 Å². The lowest BCUT2D eigenvalue weighted by molar-refractivity contribution is 0.0950. The smallest absolute Gasteiger partial charge is 0.251 e. The maximum absolute atomic E-state index is 12.3. The van der Waals surface area contributed by atoms with Gasteiger partial charge in [0.15, 0.2) is 0 Å². The lowest BCUT2D eigenvalue weighted by Crippen LogP contribution is -2.31. The van der Waals surface area contributed by atoms with Crippen LogP contribution in [0.4, 0.5) is 5.95 Å². The fourth-order valence-corrected chi connectivity index (χ4v) is 2.96. The molecule has 1 fully saturated rings. The summed E-state index contributed by atoms with van der Waals surface area (Å²) in [5.41, 5.74) is 2.35. The Hall–Kier alpha value is -2.63. The van der Waals surface area contributed by atoms with E-state index in [-0.39, 0.29) is 5.91 Å². The molecule has 0 aliphatic carbocycles. The van der Waals surface area contributed by atoms with Crippen LogP contribution in [0.2, 0.25) is 0 Å². The van der Waals surface area contributed by atoms with Crippen molar-refractivity contribution in [2.24, 2.45) is 0 Å². The predicted octanol–water partition coefficient (Wildman–Crippen LogP) is 2.71. The molecule has 1 saturated heterocycles. The zero-order valence-corrected chi connectivity index (χ0v) is 14.8. The number of carbonyl (C=O) groups excluding carboxylic acids is 1. The van der Waals surface area contributed by atoms with Gasteiger partial charge in [-0.25, -0.2) is 9.97 Å². The molecule has 2 heterocycles. The van der Waals surface area contributed by atoms with Crippen LogP contribution in [-0.4, -0.2) is 36.1 Å². The summed E-state index contributed by atoms with van der Waals surface area (Å²) in [6.07, 6.45) is 3.63. The Morgan fingerprint density at radius 3 is 2.56 bits per heavy atom. The summed E-state index contributed by atoms with van der Waals surface area (Å²) in [6, 6.07) is 8.97. The second-order valence-corrected chi connectivity index (χ2v) is 6.26. The minimum atomic E-state index is -0.126. The number of anilines is 1. The van der Waals surface area contributed by atoms with Crippen LogP contribution in [0.25, 0.3) is 0 Å². The monoisotopic (exact) mass is 340 g/mol. The fourth-order valence-electron chi connectivity index (χ4n) is 2.96. The molecule has 6 heteroatoms. The van der Waals surface area contributed by atoms with Crippen molar-refractivity contribution in [3.63, 3.8) is 0 Å². The summed E-state index contributed by atoms with van der Waals surface area (Å²) in [7, 11) is 1.60. The number of nitrogens with zero attached hydrogens (tertiary/aromatic N) is 3. The molecule has 1 aromatic heterocycles. The Balaban J connectivity index is 1.65. The normalized spacial score (nSPS) is 14.2. The number of hydrogen-bond donors (Lipinski definition) is 1. The molecule has 1 aliphatic heterocycles. The highest BCUT2D eigenvalue weighted by molar-refractivity contribution is 5.94. The Morgan fingerprint density at radius 1 is 1.16 bits per heavy atom. The summed E-state index contributed by atoms with van der Waals surface area (Å²) in [5.74, 6) is 1.38. The number of amides is 1. The highest BCUT2D eigenvalue weighted by Crippen LogP contribution is 2.17. The van der Waals surface area contributed by atoms with E-state index in [4.69, 9.17) is 4.74 Å². The maximum Gasteiger partial charge on any atom is 0.251 e. The molecule has 25 heavy (non-hydrogen) atoms. The SMILES string of the molecule is COc1ccc(C(=O)NCc2cc(C)nc(N3CCCCC3)n2)cc1. The van der Waals surface area contributed by atoms with Crippen LogP contribution < -0.4 is 15.0 Å². The molecule has 132 valence electrons. The Kier molecular flexibility index (Phi) is 5.48. The van der Waals surface area contributed by atoms with E-state index in [1.54, 1.807) is 31.4 Å². The van der Waals surface area contributed by atoms with Crippen LogP contribution in [-0.2, 0) is 6.54 Å². The molecule has 1 N–H and O–H groups in total. The van der Waals surface area contributed by atoms with E-state index in [0.29, 0.717) is 12.1 Å². The largest absolute Gasteiger partial charge is 0.497 e. The molecule has 1 aromatic carbocycles. The number of methoxy groups -OCH3 is 1. The minimum absolute atomic E-state index is 0.126. The molecule has 6 nitrogen and oxygen atoms in total. The summed E-state index contributed by atoms with van der Waals surface area (Å²) >= 11 is 0. The van der Waals surface area contributed by atoms with Gasteiger partial charge in [0.1, 0.15) is 5.75 Å². The number of piperidine rings is 1. The number of aromatic nitrogens is 2. The van der Waals surface area contributed by atoms with E-state index in [1.165, 1.54) is 19.3 Å². The molecule has 1 aliphatic rings. The van der Waals surface area contributed by atoms with Gasteiger partial charge in [0, 0.05) is 24.3 Å². The van der Waals surface area contributed by atoms with Crippen LogP contribution in [0.15, 0.2) is 30.3 Å². The van der Waals surface area contributed by atoms with Crippen LogP contribution in [0, 0.1) is 6.92 Å². The summed E-state index contributed by atoms with van der Waals surface area (Å²) in [5, 5.41) is 2.92. The number of aryl methyl sites for hydroxylation is 1. The molecule has 0 bridgehead atoms. The average Bonchev–Trinajstić information content (AvgIpc) is 2.66. The first kappa shape index (κ1) is 17.2. The van der Waals surface area contributed by atoms with Gasteiger partial charge >= 0.3 is 0 Å². The maximum atomic E-state index is 12.3. The molecule has 0 atom stereocenters. The van der Waals surface area contributed by atoms with Gasteiger partial charge in [-0.3, -0.25) is 4.79 Å². The van der Waals surface area contributed by atoms with E-state index in [0.717, 1.165) is 36.2 Å². The van der Waals surface area contributed by atoms with Crippen molar-refractivity contribution in [3.8, 4) is 5.75 Å². The molecular formula is C19H24N4O2. The number of carbonyl (C=O) groups is 1. The van der Waals surface area contributed by atoms with Gasteiger partial charge < -0.3 is 15.0 Å². The molecule has 3 rings (SSSR count). The van der Waals surface area contributed by atoms with Crippen molar-refractivity contribution in [3.05, 3.63) is 47.3 Å². The Bertz CT molecular complexity index is 725. The first-order valence-electron chi connectivity index (χ1n) is 8.67. The van der Waals surface area contributed by atoms with Crippen molar-refractivity contribution in [2.75, 3.05) is 25.1 Å². The van der Waals surface area contributed by atoms with Crippen molar-refractivity contribution in [2.45, 2.75) is 32.7 Å². The highest BCUT2D eigenvalue weighted by Gasteiger charge is 2.15. The first-order valence-corrected chi connectivity index (χ1v) is 8.67. The minimum Gasteiger partial charge on any atom is -0.497 e. The van der Waals surface area contributed by atoms with Gasteiger partial charge in [-0.1, -0.05) is 0 Å². The summed E-state index contributed by atoms with van der Waals surface area (Å²) in [4.78, 5) is 23.7. The number of nitrogens with one attached hydrogen (secondary N) is 1. The number of hydrogen-bond acceptors (Lipinski definition) is 5. The third-order valence-electron chi connectivity index (χ3n) is 4.32. The molecular weight excluding hydrogens is 316 g/mol. The standard InChI is InChI=1S/C19H24N4O2/c1-14-12-16(22-19(21-14)23-10-4-3-5-11-23)13-20-18(24)15-6-8-17(25-2)9-7-15/h6-9,12H,3-5,10-11,13H2,1-2H3,(H,20,24). The van der Waals surface area contributed by atoms with Gasteiger partial charge in [-0.05, 0) is 56.5 Å². The quantitative estimate of drug-likeness (QED) is 0.906. The van der Waals surface area contributed by atoms with E-state index < -0.39 is 0 Å². The van der Waals surface area contributed by atoms with Crippen LogP contribution in [0.1, 0.15) is 41.0 Å². The van der Waals surface area contributed by atoms with Crippen LogP contribution in [0.5, 0.6) is 5.75 Å². The molecule has 0 spiro atoms. The second kappa shape index (κ2) is 7.96. The van der Waals surface area contributed by atoms with Gasteiger partial charge in [0.2, 0.25) is 5.95 Å². The van der Waals surface area contributed by atoms with Crippen molar-refractivity contribution in [1.82, 2.24) is 15.3 Å². The van der Waals surface area contributed by atoms with Crippen molar-refractivity contribution < 1.29 is 9.53 Å². The Morgan fingerprint density at radius 2 is 1.88 bits per heavy atom.